The maximum atomic E-state index is 6.19. The van der Waals surface area contributed by atoms with Crippen LogP contribution in [0.25, 0.3) is 0 Å². The number of benzene rings is 1. The molecule has 2 rings (SSSR count). The van der Waals surface area contributed by atoms with Gasteiger partial charge in [-0.05, 0) is 37.6 Å². The van der Waals surface area contributed by atoms with Gasteiger partial charge in [-0.1, -0.05) is 12.1 Å². The number of hydrogen-bond acceptors (Lipinski definition) is 5. The largest absolute Gasteiger partial charge is 0.491 e. The van der Waals surface area contributed by atoms with E-state index in [1.807, 2.05) is 38.1 Å². The third-order valence-corrected chi connectivity index (χ3v) is 2.56. The quantitative estimate of drug-likeness (QED) is 0.743. The van der Waals surface area contributed by atoms with Crippen LogP contribution in [0.2, 0.25) is 0 Å². The summed E-state index contributed by atoms with van der Waals surface area (Å²) in [6.45, 7) is 3.97. The highest BCUT2D eigenvalue weighted by atomic mass is 16.5. The van der Waals surface area contributed by atoms with Crippen LogP contribution < -0.4 is 21.5 Å². The first-order valence-corrected chi connectivity index (χ1v) is 5.85. The van der Waals surface area contributed by atoms with Crippen LogP contribution >= 0.6 is 0 Å². The lowest BCUT2D eigenvalue weighted by Gasteiger charge is -2.25. The molecule has 5 N–H and O–H groups in total. The van der Waals surface area contributed by atoms with Gasteiger partial charge in [0.25, 0.3) is 0 Å². The minimum absolute atomic E-state index is 0.148. The second-order valence-electron chi connectivity index (χ2n) is 4.49. The van der Waals surface area contributed by atoms with Gasteiger partial charge in [-0.3, -0.25) is 5.73 Å². The van der Waals surface area contributed by atoms with Gasteiger partial charge in [0.05, 0.1) is 6.10 Å². The minimum Gasteiger partial charge on any atom is -0.491 e. The average molecular weight is 246 g/mol. The molecule has 5 nitrogen and oxygen atoms in total. The van der Waals surface area contributed by atoms with Crippen LogP contribution in [0, 0.1) is 0 Å². The van der Waals surface area contributed by atoms with Gasteiger partial charge in [0.15, 0.2) is 11.6 Å². The minimum atomic E-state index is -0.911. The van der Waals surface area contributed by atoms with Gasteiger partial charge in [-0.15, -0.1) is 0 Å². The lowest BCUT2D eigenvalue weighted by molar-refractivity contribution is 0.242. The molecule has 5 heteroatoms. The summed E-state index contributed by atoms with van der Waals surface area (Å²) in [7, 11) is 0. The summed E-state index contributed by atoms with van der Waals surface area (Å²) in [5.74, 6) is 1.12. The topological polar surface area (TPSA) is 85.7 Å². The zero-order chi connectivity index (χ0) is 13.2. The molecular weight excluding hydrogens is 228 g/mol. The SMILES string of the molecule is CC(C)Oc1ccc(C2(N)C=CNC(N)=N2)cc1. The normalized spacial score (nSPS) is 22.6. The summed E-state index contributed by atoms with van der Waals surface area (Å²) in [6, 6.07) is 7.55. The molecule has 0 aromatic heterocycles. The molecule has 0 aliphatic carbocycles. The number of nitrogens with one attached hydrogen (secondary N) is 1. The highest BCUT2D eigenvalue weighted by Gasteiger charge is 2.25. The molecular formula is C13H18N4O. The van der Waals surface area contributed by atoms with Crippen molar-refractivity contribution in [2.24, 2.45) is 16.5 Å². The first kappa shape index (κ1) is 12.4. The zero-order valence-electron chi connectivity index (χ0n) is 10.6. The molecule has 0 radical (unpaired) electrons. The highest BCUT2D eigenvalue weighted by molar-refractivity contribution is 5.80. The fourth-order valence-electron chi connectivity index (χ4n) is 1.76. The van der Waals surface area contributed by atoms with Crippen LogP contribution in [0.1, 0.15) is 19.4 Å². The van der Waals surface area contributed by atoms with Gasteiger partial charge in [0, 0.05) is 6.20 Å². The van der Waals surface area contributed by atoms with Gasteiger partial charge in [0.1, 0.15) is 5.75 Å². The Morgan fingerprint density at radius 1 is 1.28 bits per heavy atom. The van der Waals surface area contributed by atoms with Gasteiger partial charge in [0.2, 0.25) is 0 Å². The maximum Gasteiger partial charge on any atom is 0.195 e. The first-order chi connectivity index (χ1) is 8.49. The molecule has 1 aliphatic heterocycles. The van der Waals surface area contributed by atoms with Crippen molar-refractivity contribution in [1.82, 2.24) is 5.32 Å². The van der Waals surface area contributed by atoms with Crippen molar-refractivity contribution in [3.05, 3.63) is 42.1 Å². The number of ether oxygens (including phenoxy) is 1. The molecule has 1 unspecified atom stereocenters. The summed E-state index contributed by atoms with van der Waals surface area (Å²) in [5.41, 5.74) is 11.8. The number of guanidine groups is 1. The fraction of sp³-hybridized carbons (Fsp3) is 0.308. The number of nitrogens with zero attached hydrogens (tertiary/aromatic N) is 1. The molecule has 1 aromatic carbocycles. The zero-order valence-corrected chi connectivity index (χ0v) is 10.6. The summed E-state index contributed by atoms with van der Waals surface area (Å²) in [4.78, 5) is 4.21. The van der Waals surface area contributed by atoms with Gasteiger partial charge < -0.3 is 15.8 Å². The van der Waals surface area contributed by atoms with E-state index in [-0.39, 0.29) is 6.10 Å². The van der Waals surface area contributed by atoms with Gasteiger partial charge in [-0.25, -0.2) is 4.99 Å². The predicted octanol–water partition coefficient (Wildman–Crippen LogP) is 1.02. The molecule has 1 aromatic rings. The second-order valence-corrected chi connectivity index (χ2v) is 4.49. The lowest BCUT2D eigenvalue weighted by atomic mass is 10.00. The average Bonchev–Trinajstić information content (AvgIpc) is 2.28. The maximum absolute atomic E-state index is 6.19. The van der Waals surface area contributed by atoms with E-state index < -0.39 is 5.66 Å². The molecule has 18 heavy (non-hydrogen) atoms. The van der Waals surface area contributed by atoms with E-state index in [9.17, 15) is 0 Å². The fourth-order valence-corrected chi connectivity index (χ4v) is 1.76. The van der Waals surface area contributed by atoms with Crippen LogP contribution in [-0.4, -0.2) is 12.1 Å². The van der Waals surface area contributed by atoms with Crippen molar-refractivity contribution >= 4 is 5.96 Å². The third-order valence-electron chi connectivity index (χ3n) is 2.56. The molecule has 0 fully saturated rings. The Bertz CT molecular complexity index is 478. The standard InChI is InChI=1S/C13H18N4O/c1-9(2)18-11-5-3-10(4-6-11)13(15)7-8-16-12(14)17-13/h3-9H,15H2,1-2H3,(H3,14,16,17). The predicted molar refractivity (Wildman–Crippen MR) is 72.0 cm³/mol. The first-order valence-electron chi connectivity index (χ1n) is 5.85. The second kappa shape index (κ2) is 4.70. The molecule has 1 heterocycles. The Hall–Kier alpha value is -2.01. The van der Waals surface area contributed by atoms with Crippen molar-refractivity contribution < 1.29 is 4.74 Å². The van der Waals surface area contributed by atoms with Gasteiger partial charge >= 0.3 is 0 Å². The molecule has 1 aliphatic rings. The van der Waals surface area contributed by atoms with Crippen LogP contribution in [0.3, 0.4) is 0 Å². The van der Waals surface area contributed by atoms with E-state index in [2.05, 4.69) is 10.3 Å². The van der Waals surface area contributed by atoms with E-state index in [0.29, 0.717) is 5.96 Å². The summed E-state index contributed by atoms with van der Waals surface area (Å²) in [5, 5.41) is 2.79. The Balaban J connectivity index is 2.24. The van der Waals surface area contributed by atoms with Crippen LogP contribution in [0.15, 0.2) is 41.5 Å². The molecule has 0 bridgehead atoms. The third kappa shape index (κ3) is 2.62. The van der Waals surface area contributed by atoms with Crippen molar-refractivity contribution in [1.29, 1.82) is 0 Å². The van der Waals surface area contributed by atoms with E-state index in [0.717, 1.165) is 11.3 Å². The number of nitrogens with two attached hydrogens (primary N) is 2. The van der Waals surface area contributed by atoms with Gasteiger partial charge in [-0.2, -0.15) is 0 Å². The van der Waals surface area contributed by atoms with Crippen LogP contribution in [-0.2, 0) is 5.66 Å². The summed E-state index contributed by atoms with van der Waals surface area (Å²) >= 11 is 0. The Kier molecular flexibility index (Phi) is 3.25. The van der Waals surface area contributed by atoms with E-state index in [1.54, 1.807) is 12.3 Å². The summed E-state index contributed by atoms with van der Waals surface area (Å²) in [6.07, 6.45) is 3.61. The van der Waals surface area contributed by atoms with Crippen LogP contribution in [0.4, 0.5) is 0 Å². The highest BCUT2D eigenvalue weighted by Crippen LogP contribution is 2.25. The molecule has 96 valence electrons. The van der Waals surface area contributed by atoms with E-state index >= 15 is 0 Å². The number of aliphatic imine (C=N–C) groups is 1. The smallest absolute Gasteiger partial charge is 0.195 e. The Morgan fingerprint density at radius 2 is 1.94 bits per heavy atom. The van der Waals surface area contributed by atoms with E-state index in [1.165, 1.54) is 0 Å². The molecule has 0 amide bonds. The lowest BCUT2D eigenvalue weighted by Crippen LogP contribution is -2.42. The number of hydrogen-bond donors (Lipinski definition) is 3. The van der Waals surface area contributed by atoms with E-state index in [4.69, 9.17) is 16.2 Å². The Labute approximate surface area is 107 Å². The monoisotopic (exact) mass is 246 g/mol. The Morgan fingerprint density at radius 3 is 2.50 bits per heavy atom. The molecule has 1 atom stereocenters. The van der Waals surface area contributed by atoms with Crippen molar-refractivity contribution in [3.8, 4) is 5.75 Å². The number of rotatable bonds is 3. The van der Waals surface area contributed by atoms with Crippen LogP contribution in [0.5, 0.6) is 5.75 Å². The van der Waals surface area contributed by atoms with Crippen molar-refractivity contribution in [3.63, 3.8) is 0 Å². The molecule has 0 saturated carbocycles. The summed E-state index contributed by atoms with van der Waals surface area (Å²) < 4.78 is 5.58. The van der Waals surface area contributed by atoms with Crippen molar-refractivity contribution in [2.75, 3.05) is 0 Å². The molecule has 0 saturated heterocycles. The van der Waals surface area contributed by atoms with Crippen molar-refractivity contribution in [2.45, 2.75) is 25.6 Å². The molecule has 0 spiro atoms.